The van der Waals surface area contributed by atoms with Gasteiger partial charge in [0.1, 0.15) is 11.5 Å². The van der Waals surface area contributed by atoms with E-state index in [-0.39, 0.29) is 11.0 Å². The average Bonchev–Trinajstić information content (AvgIpc) is 2.57. The maximum Gasteiger partial charge on any atom is 0.257 e. The molecule has 0 spiro atoms. The fourth-order valence-electron chi connectivity index (χ4n) is 1.93. The van der Waals surface area contributed by atoms with E-state index in [1.807, 2.05) is 19.1 Å². The molecule has 2 rings (SSSR count). The topological polar surface area (TPSA) is 59.6 Å². The fraction of sp³-hybridized carbons (Fsp3) is 0.176. The number of nitrogens with one attached hydrogen (secondary N) is 2. The Balaban J connectivity index is 1.97. The quantitative estimate of drug-likeness (QED) is 0.732. The Kier molecular flexibility index (Phi) is 6.57. The molecule has 5 nitrogen and oxygen atoms in total. The van der Waals surface area contributed by atoms with E-state index < -0.39 is 0 Å². The number of ether oxygens (including phenoxy) is 2. The van der Waals surface area contributed by atoms with Crippen molar-refractivity contribution in [1.82, 2.24) is 5.32 Å². The zero-order valence-electron chi connectivity index (χ0n) is 13.3. The molecular weight excluding hydrogens is 392 g/mol. The standard InChI is InChI=1S/C17H17BrN2O3S/c1-3-23-15-9-4-11(10-14(15)18)16(21)20-17(24)19-12-5-7-13(22-2)8-6-12/h4-10H,3H2,1-2H3,(H2,19,20,21,24). The molecule has 2 aromatic carbocycles. The van der Waals surface area contributed by atoms with Crippen molar-refractivity contribution in [2.24, 2.45) is 0 Å². The lowest BCUT2D eigenvalue weighted by Crippen LogP contribution is -2.34. The molecule has 0 aliphatic rings. The Morgan fingerprint density at radius 3 is 2.50 bits per heavy atom. The van der Waals surface area contributed by atoms with Gasteiger partial charge in [-0.3, -0.25) is 10.1 Å². The third kappa shape index (κ3) is 4.94. The molecule has 0 heterocycles. The highest BCUT2D eigenvalue weighted by atomic mass is 79.9. The smallest absolute Gasteiger partial charge is 0.257 e. The molecule has 0 radical (unpaired) electrons. The largest absolute Gasteiger partial charge is 0.497 e. The molecule has 2 aromatic rings. The van der Waals surface area contributed by atoms with Crippen LogP contribution in [0.3, 0.4) is 0 Å². The van der Waals surface area contributed by atoms with Crippen LogP contribution in [0.4, 0.5) is 5.69 Å². The van der Waals surface area contributed by atoms with Gasteiger partial charge in [-0.1, -0.05) is 0 Å². The number of hydrogen-bond acceptors (Lipinski definition) is 4. The summed E-state index contributed by atoms with van der Waals surface area (Å²) in [5, 5.41) is 5.81. The zero-order chi connectivity index (χ0) is 17.5. The summed E-state index contributed by atoms with van der Waals surface area (Å²) in [5.41, 5.74) is 1.23. The predicted octanol–water partition coefficient (Wildman–Crippen LogP) is 3.98. The molecule has 0 aliphatic heterocycles. The first-order chi connectivity index (χ1) is 11.5. The number of carbonyl (C=O) groups excluding carboxylic acids is 1. The third-order valence-corrected chi connectivity index (χ3v) is 3.89. The van der Waals surface area contributed by atoms with E-state index in [0.29, 0.717) is 22.4 Å². The van der Waals surface area contributed by atoms with E-state index in [0.717, 1.165) is 11.4 Å². The molecular formula is C17H17BrN2O3S. The second-order valence-corrected chi connectivity index (χ2v) is 5.98. The van der Waals surface area contributed by atoms with Crippen molar-refractivity contribution in [1.29, 1.82) is 0 Å². The highest BCUT2D eigenvalue weighted by Gasteiger charge is 2.11. The van der Waals surface area contributed by atoms with Gasteiger partial charge in [0.05, 0.1) is 18.2 Å². The summed E-state index contributed by atoms with van der Waals surface area (Å²) in [4.78, 5) is 12.2. The van der Waals surface area contributed by atoms with E-state index in [9.17, 15) is 4.79 Å². The molecule has 2 N–H and O–H groups in total. The molecule has 0 saturated heterocycles. The van der Waals surface area contributed by atoms with Gasteiger partial charge in [-0.05, 0) is 77.5 Å². The second-order valence-electron chi connectivity index (χ2n) is 4.71. The Labute approximate surface area is 154 Å². The molecule has 0 atom stereocenters. The van der Waals surface area contributed by atoms with Crippen molar-refractivity contribution in [3.05, 3.63) is 52.5 Å². The number of carbonyl (C=O) groups is 1. The number of halogens is 1. The van der Waals surface area contributed by atoms with Gasteiger partial charge in [-0.15, -0.1) is 0 Å². The first kappa shape index (κ1) is 18.2. The Morgan fingerprint density at radius 2 is 1.92 bits per heavy atom. The van der Waals surface area contributed by atoms with Crippen molar-refractivity contribution in [2.45, 2.75) is 6.92 Å². The number of anilines is 1. The number of benzene rings is 2. The minimum Gasteiger partial charge on any atom is -0.497 e. The van der Waals surface area contributed by atoms with Gasteiger partial charge in [0, 0.05) is 11.3 Å². The average molecular weight is 409 g/mol. The summed E-state index contributed by atoms with van der Waals surface area (Å²) in [5.74, 6) is 1.13. The van der Waals surface area contributed by atoms with Crippen LogP contribution in [0.25, 0.3) is 0 Å². The summed E-state index contributed by atoms with van der Waals surface area (Å²) in [6, 6.07) is 12.3. The normalized spacial score (nSPS) is 9.96. The Hall–Kier alpha value is -2.12. The van der Waals surface area contributed by atoms with Crippen molar-refractivity contribution in [3.63, 3.8) is 0 Å². The van der Waals surface area contributed by atoms with Gasteiger partial charge in [-0.2, -0.15) is 0 Å². The third-order valence-electron chi connectivity index (χ3n) is 3.07. The zero-order valence-corrected chi connectivity index (χ0v) is 15.7. The van der Waals surface area contributed by atoms with E-state index >= 15 is 0 Å². The van der Waals surface area contributed by atoms with Crippen LogP contribution in [0.5, 0.6) is 11.5 Å². The Morgan fingerprint density at radius 1 is 1.21 bits per heavy atom. The number of thiocarbonyl (C=S) groups is 1. The van der Waals surface area contributed by atoms with Crippen LogP contribution >= 0.6 is 28.1 Å². The molecule has 0 fully saturated rings. The molecule has 0 aliphatic carbocycles. The molecule has 0 saturated carbocycles. The van der Waals surface area contributed by atoms with Crippen LogP contribution in [0.15, 0.2) is 46.9 Å². The number of methoxy groups -OCH3 is 1. The fourth-order valence-corrected chi connectivity index (χ4v) is 2.63. The molecule has 7 heteroatoms. The van der Waals surface area contributed by atoms with Gasteiger partial charge in [-0.25, -0.2) is 0 Å². The van der Waals surface area contributed by atoms with E-state index in [2.05, 4.69) is 26.6 Å². The predicted molar refractivity (Wildman–Crippen MR) is 102 cm³/mol. The lowest BCUT2D eigenvalue weighted by molar-refractivity contribution is 0.0977. The molecule has 126 valence electrons. The van der Waals surface area contributed by atoms with Gasteiger partial charge < -0.3 is 14.8 Å². The van der Waals surface area contributed by atoms with Crippen LogP contribution in [-0.2, 0) is 0 Å². The minimum atomic E-state index is -0.301. The SMILES string of the molecule is CCOc1ccc(C(=O)NC(=S)Nc2ccc(OC)cc2)cc1Br. The highest BCUT2D eigenvalue weighted by Crippen LogP contribution is 2.26. The van der Waals surface area contributed by atoms with Crippen molar-refractivity contribution in [3.8, 4) is 11.5 Å². The van der Waals surface area contributed by atoms with Crippen molar-refractivity contribution >= 4 is 44.9 Å². The monoisotopic (exact) mass is 408 g/mol. The van der Waals surface area contributed by atoms with Crippen LogP contribution < -0.4 is 20.1 Å². The molecule has 0 unspecified atom stereocenters. The highest BCUT2D eigenvalue weighted by molar-refractivity contribution is 9.10. The van der Waals surface area contributed by atoms with Crippen molar-refractivity contribution in [2.75, 3.05) is 19.0 Å². The summed E-state index contributed by atoms with van der Waals surface area (Å²) in [6.07, 6.45) is 0. The van der Waals surface area contributed by atoms with Crippen LogP contribution in [0.2, 0.25) is 0 Å². The first-order valence-electron chi connectivity index (χ1n) is 7.22. The number of amides is 1. The maximum atomic E-state index is 12.2. The lowest BCUT2D eigenvalue weighted by Gasteiger charge is -2.11. The first-order valence-corrected chi connectivity index (χ1v) is 8.42. The summed E-state index contributed by atoms with van der Waals surface area (Å²) >= 11 is 8.55. The minimum absolute atomic E-state index is 0.218. The van der Waals surface area contributed by atoms with Gasteiger partial charge in [0.25, 0.3) is 5.91 Å². The number of rotatable bonds is 5. The summed E-state index contributed by atoms with van der Waals surface area (Å²) in [6.45, 7) is 2.45. The van der Waals surface area contributed by atoms with E-state index in [1.54, 1.807) is 37.4 Å². The van der Waals surface area contributed by atoms with Crippen LogP contribution in [0, 0.1) is 0 Å². The lowest BCUT2D eigenvalue weighted by atomic mass is 10.2. The molecule has 0 aromatic heterocycles. The van der Waals surface area contributed by atoms with Crippen LogP contribution in [0.1, 0.15) is 17.3 Å². The summed E-state index contributed by atoms with van der Waals surface area (Å²) in [7, 11) is 1.60. The van der Waals surface area contributed by atoms with Gasteiger partial charge >= 0.3 is 0 Å². The molecule has 0 bridgehead atoms. The number of hydrogen-bond donors (Lipinski definition) is 2. The van der Waals surface area contributed by atoms with Crippen LogP contribution in [-0.4, -0.2) is 24.7 Å². The summed E-state index contributed by atoms with van der Waals surface area (Å²) < 4.78 is 11.2. The molecule has 1 amide bonds. The van der Waals surface area contributed by atoms with Crippen molar-refractivity contribution < 1.29 is 14.3 Å². The Bertz CT molecular complexity index is 735. The van der Waals surface area contributed by atoms with Gasteiger partial charge in [0.2, 0.25) is 0 Å². The van der Waals surface area contributed by atoms with E-state index in [1.165, 1.54) is 0 Å². The molecule has 24 heavy (non-hydrogen) atoms. The van der Waals surface area contributed by atoms with E-state index in [4.69, 9.17) is 21.7 Å². The second kappa shape index (κ2) is 8.65. The van der Waals surface area contributed by atoms with Gasteiger partial charge in [0.15, 0.2) is 5.11 Å². The maximum absolute atomic E-state index is 12.2.